The van der Waals surface area contributed by atoms with E-state index in [4.69, 9.17) is 9.66 Å². The van der Waals surface area contributed by atoms with E-state index >= 15 is 0 Å². The van der Waals surface area contributed by atoms with Crippen LogP contribution in [-0.2, 0) is 19.6 Å². The van der Waals surface area contributed by atoms with E-state index < -0.39 is 46.3 Å². The Labute approximate surface area is 97.0 Å². The average molecular weight is 274 g/mol. The average Bonchev–Trinajstić information content (AvgIpc) is 2.25. The first-order valence-electron chi connectivity index (χ1n) is 4.56. The lowest BCUT2D eigenvalue weighted by molar-refractivity contribution is -0.319. The third kappa shape index (κ3) is 2.18. The maximum atomic E-state index is 11.1. The molecule has 5 N–H and O–H groups in total. The number of aliphatic hydroxyl groups excluding tert-OH is 4. The van der Waals surface area contributed by atoms with Crippen molar-refractivity contribution in [1.29, 1.82) is 0 Å². The minimum absolute atomic E-state index is 0.815. The zero-order valence-corrected chi connectivity index (χ0v) is 9.61. The Kier molecular flexibility index (Phi) is 4.11. The molecule has 0 aromatic carbocycles. The van der Waals surface area contributed by atoms with Crippen molar-refractivity contribution in [2.24, 2.45) is 0 Å². The summed E-state index contributed by atoms with van der Waals surface area (Å²) in [5.41, 5.74) is 0. The molecule has 0 unspecified atom stereocenters. The molecule has 0 radical (unpaired) electrons. The van der Waals surface area contributed by atoms with Gasteiger partial charge in [-0.2, -0.15) is 8.42 Å². The Bertz CT molecular complexity index is 366. The molecule has 0 aliphatic carbocycles. The summed E-state index contributed by atoms with van der Waals surface area (Å²) in [6.45, 7) is -0.842. The number of ether oxygens (including phenoxy) is 2. The van der Waals surface area contributed by atoms with E-state index in [9.17, 15) is 23.7 Å². The van der Waals surface area contributed by atoms with Crippen molar-refractivity contribution < 1.29 is 42.9 Å². The summed E-state index contributed by atoms with van der Waals surface area (Å²) in [5.74, 6) is 0. The van der Waals surface area contributed by atoms with Gasteiger partial charge in [0.05, 0.1) is 6.61 Å². The van der Waals surface area contributed by atoms with Gasteiger partial charge in [0.1, 0.15) is 18.3 Å². The molecule has 9 nitrogen and oxygen atoms in total. The third-order valence-corrected chi connectivity index (χ3v) is 3.78. The van der Waals surface area contributed by atoms with E-state index in [1.807, 2.05) is 0 Å². The molecule has 0 bridgehead atoms. The SMILES string of the molecule is CO[C@]1(S(=O)(=O)O)O[C@H](CO)[C@H](O)[C@H](O)[C@H]1O. The van der Waals surface area contributed by atoms with E-state index in [1.54, 1.807) is 0 Å². The smallest absolute Gasteiger partial charge is 0.329 e. The second kappa shape index (κ2) is 4.74. The highest BCUT2D eigenvalue weighted by atomic mass is 32.2. The van der Waals surface area contributed by atoms with Gasteiger partial charge in [0.2, 0.25) is 0 Å². The third-order valence-electron chi connectivity index (χ3n) is 2.56. The molecule has 1 rings (SSSR count). The second-order valence-corrected chi connectivity index (χ2v) is 5.07. The van der Waals surface area contributed by atoms with Crippen LogP contribution in [0.3, 0.4) is 0 Å². The zero-order valence-electron chi connectivity index (χ0n) is 8.79. The number of rotatable bonds is 3. The summed E-state index contributed by atoms with van der Waals surface area (Å²) < 4.78 is 40.3. The molecule has 5 atom stereocenters. The lowest BCUT2D eigenvalue weighted by Gasteiger charge is -2.44. The predicted molar refractivity (Wildman–Crippen MR) is 51.3 cm³/mol. The van der Waals surface area contributed by atoms with Gasteiger partial charge in [0.25, 0.3) is 0 Å². The lowest BCUT2D eigenvalue weighted by atomic mass is 9.99. The summed E-state index contributed by atoms with van der Waals surface area (Å²) in [7, 11) is -4.25. The van der Waals surface area contributed by atoms with Crippen molar-refractivity contribution in [3.05, 3.63) is 0 Å². The molecule has 0 aromatic heterocycles. The first kappa shape index (κ1) is 14.7. The van der Waals surface area contributed by atoms with Crippen molar-refractivity contribution in [3.63, 3.8) is 0 Å². The van der Waals surface area contributed by atoms with Crippen LogP contribution in [0, 0.1) is 0 Å². The first-order chi connectivity index (χ1) is 7.71. The summed E-state index contributed by atoms with van der Waals surface area (Å²) >= 11 is 0. The highest BCUT2D eigenvalue weighted by Gasteiger charge is 2.61. The van der Waals surface area contributed by atoms with Crippen molar-refractivity contribution >= 4 is 10.1 Å². The van der Waals surface area contributed by atoms with Crippen LogP contribution >= 0.6 is 0 Å². The molecule has 17 heavy (non-hydrogen) atoms. The van der Waals surface area contributed by atoms with Gasteiger partial charge in [-0.1, -0.05) is 0 Å². The molecular formula is C7H14O9S. The van der Waals surface area contributed by atoms with E-state index in [0.717, 1.165) is 7.11 Å². The van der Waals surface area contributed by atoms with Gasteiger partial charge in [0, 0.05) is 7.11 Å². The van der Waals surface area contributed by atoms with Crippen LogP contribution in [0.1, 0.15) is 0 Å². The van der Waals surface area contributed by atoms with Gasteiger partial charge in [0.15, 0.2) is 6.10 Å². The van der Waals surface area contributed by atoms with Crippen LogP contribution in [0.15, 0.2) is 0 Å². The fraction of sp³-hybridized carbons (Fsp3) is 1.00. The molecule has 0 amide bonds. The van der Waals surface area contributed by atoms with Gasteiger partial charge in [-0.05, 0) is 0 Å². The molecule has 1 aliphatic rings. The fourth-order valence-electron chi connectivity index (χ4n) is 1.60. The molecule has 1 saturated heterocycles. The largest absolute Gasteiger partial charge is 0.394 e. The molecular weight excluding hydrogens is 260 g/mol. The Morgan fingerprint density at radius 1 is 1.29 bits per heavy atom. The van der Waals surface area contributed by atoms with Crippen molar-refractivity contribution in [3.8, 4) is 0 Å². The zero-order chi connectivity index (χ0) is 13.4. The van der Waals surface area contributed by atoms with Gasteiger partial charge >= 0.3 is 15.2 Å². The highest BCUT2D eigenvalue weighted by molar-refractivity contribution is 7.87. The minimum Gasteiger partial charge on any atom is -0.394 e. The van der Waals surface area contributed by atoms with Crippen molar-refractivity contribution in [1.82, 2.24) is 0 Å². The molecule has 10 heteroatoms. The second-order valence-electron chi connectivity index (χ2n) is 3.55. The lowest BCUT2D eigenvalue weighted by Crippen LogP contribution is -2.68. The van der Waals surface area contributed by atoms with E-state index in [0.29, 0.717) is 0 Å². The molecule has 1 aliphatic heterocycles. The molecule has 0 spiro atoms. The monoisotopic (exact) mass is 274 g/mol. The topological polar surface area (TPSA) is 154 Å². The van der Waals surface area contributed by atoms with Crippen LogP contribution in [0.2, 0.25) is 0 Å². The summed E-state index contributed by atoms with van der Waals surface area (Å²) in [6, 6.07) is 0. The van der Waals surface area contributed by atoms with Crippen LogP contribution in [-0.4, -0.2) is 76.6 Å². The molecule has 102 valence electrons. The summed E-state index contributed by atoms with van der Waals surface area (Å²) in [4.78, 5) is 0. The number of aliphatic hydroxyl groups is 4. The summed E-state index contributed by atoms with van der Waals surface area (Å²) in [5, 5.41) is 34.2. The van der Waals surface area contributed by atoms with E-state index in [2.05, 4.69) is 9.47 Å². The van der Waals surface area contributed by atoms with Crippen LogP contribution in [0.4, 0.5) is 0 Å². The maximum Gasteiger partial charge on any atom is 0.329 e. The fourth-order valence-corrected chi connectivity index (χ4v) is 2.50. The molecule has 0 saturated carbocycles. The van der Waals surface area contributed by atoms with Gasteiger partial charge in [-0.3, -0.25) is 4.55 Å². The van der Waals surface area contributed by atoms with Crippen molar-refractivity contribution in [2.45, 2.75) is 29.5 Å². The van der Waals surface area contributed by atoms with Crippen molar-refractivity contribution in [2.75, 3.05) is 13.7 Å². The van der Waals surface area contributed by atoms with Crippen LogP contribution in [0.25, 0.3) is 0 Å². The highest BCUT2D eigenvalue weighted by Crippen LogP contribution is 2.34. The number of methoxy groups -OCH3 is 1. The van der Waals surface area contributed by atoms with Gasteiger partial charge in [-0.15, -0.1) is 0 Å². The standard InChI is InChI=1S/C7H14O9S/c1-15-7(17(12,13)14)6(11)5(10)4(9)3(2-8)16-7/h3-6,8-11H,2H2,1H3,(H,12,13,14)/t3-,4+,5+,6-,7+/m1/s1. The Balaban J connectivity index is 3.23. The van der Waals surface area contributed by atoms with E-state index in [-0.39, 0.29) is 0 Å². The quantitative estimate of drug-likeness (QED) is 0.332. The van der Waals surface area contributed by atoms with Crippen LogP contribution < -0.4 is 0 Å². The van der Waals surface area contributed by atoms with Crippen LogP contribution in [0.5, 0.6) is 0 Å². The summed E-state index contributed by atoms with van der Waals surface area (Å²) in [6.07, 6.45) is -7.46. The molecule has 1 fully saturated rings. The minimum atomic E-state index is -5.06. The van der Waals surface area contributed by atoms with Gasteiger partial charge < -0.3 is 29.9 Å². The predicted octanol–water partition coefficient (Wildman–Crippen LogP) is -3.35. The normalized spacial score (nSPS) is 43.6. The van der Waals surface area contributed by atoms with Gasteiger partial charge in [-0.25, -0.2) is 0 Å². The first-order valence-corrected chi connectivity index (χ1v) is 6.00. The number of hydrogen-bond donors (Lipinski definition) is 5. The number of hydrogen-bond acceptors (Lipinski definition) is 8. The molecule has 1 heterocycles. The van der Waals surface area contributed by atoms with E-state index in [1.165, 1.54) is 0 Å². The molecule has 0 aromatic rings. The Morgan fingerprint density at radius 3 is 2.18 bits per heavy atom. The maximum absolute atomic E-state index is 11.1. The Morgan fingerprint density at radius 2 is 1.82 bits per heavy atom. The Hall–Kier alpha value is -0.330.